The van der Waals surface area contributed by atoms with Crippen LogP contribution in [0.4, 0.5) is 11.8 Å². The van der Waals surface area contributed by atoms with Crippen LogP contribution in [0.3, 0.4) is 0 Å². The highest BCUT2D eigenvalue weighted by atomic mass is 16.5. The summed E-state index contributed by atoms with van der Waals surface area (Å²) in [7, 11) is 4.17. The lowest BCUT2D eigenvalue weighted by molar-refractivity contribution is 0.314. The van der Waals surface area contributed by atoms with E-state index in [0.29, 0.717) is 25.2 Å². The second-order valence-corrected chi connectivity index (χ2v) is 10.0. The number of anilines is 2. The number of aromatic nitrogens is 2. The maximum Gasteiger partial charge on any atom is 0.225 e. The molecule has 2 N–H and O–H groups in total. The molecule has 7 nitrogen and oxygen atoms in total. The molecule has 0 aliphatic heterocycles. The smallest absolute Gasteiger partial charge is 0.225 e. The van der Waals surface area contributed by atoms with Gasteiger partial charge in [0.1, 0.15) is 17.3 Å². The van der Waals surface area contributed by atoms with E-state index in [9.17, 15) is 0 Å². The molecule has 0 radical (unpaired) electrons. The first-order chi connectivity index (χ1) is 17.1. The fraction of sp³-hybridized carbons (Fsp3) is 0.643. The van der Waals surface area contributed by atoms with E-state index in [2.05, 4.69) is 35.7 Å². The van der Waals surface area contributed by atoms with E-state index in [0.717, 1.165) is 62.0 Å². The highest BCUT2D eigenvalue weighted by Crippen LogP contribution is 2.31. The normalized spacial score (nSPS) is 19.7. The Kier molecular flexibility index (Phi) is 9.07. The third-order valence-electron chi connectivity index (χ3n) is 7.16. The summed E-state index contributed by atoms with van der Waals surface area (Å²) in [6, 6.07) is 6.61. The molecule has 2 aliphatic rings. The maximum absolute atomic E-state index is 5.85. The zero-order valence-electron chi connectivity index (χ0n) is 22.0. The Balaban J connectivity index is 1.26. The quantitative estimate of drug-likeness (QED) is 0.469. The predicted molar refractivity (Wildman–Crippen MR) is 143 cm³/mol. The largest absolute Gasteiger partial charge is 0.494 e. The summed E-state index contributed by atoms with van der Waals surface area (Å²) in [5, 5.41) is 7.34. The van der Waals surface area contributed by atoms with Crippen LogP contribution in [-0.4, -0.2) is 49.9 Å². The van der Waals surface area contributed by atoms with Crippen molar-refractivity contribution in [3.63, 3.8) is 0 Å². The van der Waals surface area contributed by atoms with Gasteiger partial charge >= 0.3 is 0 Å². The van der Waals surface area contributed by atoms with Gasteiger partial charge in [0.2, 0.25) is 5.95 Å². The molecule has 35 heavy (non-hydrogen) atoms. The first-order valence-electron chi connectivity index (χ1n) is 13.5. The summed E-state index contributed by atoms with van der Waals surface area (Å²) in [4.78, 5) is 11.9. The third-order valence-corrected chi connectivity index (χ3v) is 7.16. The summed E-state index contributed by atoms with van der Waals surface area (Å²) in [5.74, 6) is 4.39. The van der Waals surface area contributed by atoms with Crippen LogP contribution in [0.15, 0.2) is 18.2 Å². The van der Waals surface area contributed by atoms with Gasteiger partial charge in [0.15, 0.2) is 0 Å². The van der Waals surface area contributed by atoms with Crippen molar-refractivity contribution in [3.8, 4) is 11.5 Å². The van der Waals surface area contributed by atoms with Crippen LogP contribution in [0, 0.1) is 5.92 Å². The van der Waals surface area contributed by atoms with Crippen molar-refractivity contribution in [3.05, 3.63) is 35.0 Å². The Morgan fingerprint density at radius 3 is 2.49 bits per heavy atom. The van der Waals surface area contributed by atoms with E-state index in [1.54, 1.807) is 0 Å². The highest BCUT2D eigenvalue weighted by Gasteiger charge is 2.24. The van der Waals surface area contributed by atoms with Crippen LogP contribution < -0.4 is 25.0 Å². The molecule has 2 aliphatic carbocycles. The van der Waals surface area contributed by atoms with Gasteiger partial charge in [-0.25, -0.2) is 4.98 Å². The number of benzene rings is 1. The van der Waals surface area contributed by atoms with E-state index >= 15 is 0 Å². The molecule has 0 bridgehead atoms. The van der Waals surface area contributed by atoms with Gasteiger partial charge < -0.3 is 25.0 Å². The first kappa shape index (κ1) is 25.5. The van der Waals surface area contributed by atoms with Crippen molar-refractivity contribution >= 4 is 11.8 Å². The molecule has 0 amide bonds. The van der Waals surface area contributed by atoms with Gasteiger partial charge in [-0.05, 0) is 83.7 Å². The van der Waals surface area contributed by atoms with E-state index < -0.39 is 0 Å². The van der Waals surface area contributed by atoms with E-state index in [4.69, 9.17) is 19.4 Å². The molecule has 1 saturated carbocycles. The van der Waals surface area contributed by atoms with Crippen LogP contribution in [-0.2, 0) is 19.4 Å². The Hall–Kier alpha value is -2.54. The number of nitrogens with zero attached hydrogens (tertiary/aromatic N) is 3. The Morgan fingerprint density at radius 2 is 1.74 bits per heavy atom. The lowest BCUT2D eigenvalue weighted by atomic mass is 9.86. The molecule has 1 aromatic heterocycles. The number of aryl methyl sites for hydroxylation is 1. The van der Waals surface area contributed by atoms with E-state index in [-0.39, 0.29) is 0 Å². The van der Waals surface area contributed by atoms with Crippen molar-refractivity contribution in [1.29, 1.82) is 0 Å². The minimum absolute atomic E-state index is 0.457. The molecule has 1 heterocycles. The summed E-state index contributed by atoms with van der Waals surface area (Å²) in [6.07, 6.45) is 9.42. The van der Waals surface area contributed by atoms with Gasteiger partial charge in [0, 0.05) is 43.9 Å². The topological polar surface area (TPSA) is 71.5 Å². The standard InChI is InChI=1S/C28H43N5O2/c1-5-34-23-16-13-21(26(17-23)35-6-2)19-29-18-20-11-14-22(15-12-20)30-28-31-25-10-8-7-9-24(25)27(32-28)33(3)4/h13,16-17,20,22,29H,5-12,14-15,18-19H2,1-4H3,(H,30,31,32)/t20-,22+. The van der Waals surface area contributed by atoms with E-state index in [1.807, 2.05) is 26.0 Å². The average molecular weight is 482 g/mol. The van der Waals surface area contributed by atoms with E-state index in [1.165, 1.54) is 42.5 Å². The van der Waals surface area contributed by atoms with Crippen molar-refractivity contribution in [2.45, 2.75) is 77.8 Å². The summed E-state index contributed by atoms with van der Waals surface area (Å²) >= 11 is 0. The molecule has 1 fully saturated rings. The van der Waals surface area contributed by atoms with Crippen LogP contribution in [0.2, 0.25) is 0 Å². The number of fused-ring (bicyclic) bond motifs is 1. The lowest BCUT2D eigenvalue weighted by Crippen LogP contribution is -2.32. The summed E-state index contributed by atoms with van der Waals surface area (Å²) < 4.78 is 11.5. The second-order valence-electron chi connectivity index (χ2n) is 10.0. The number of nitrogens with one attached hydrogen (secondary N) is 2. The number of rotatable bonds is 11. The summed E-state index contributed by atoms with van der Waals surface area (Å²) in [6.45, 7) is 7.19. The average Bonchev–Trinajstić information content (AvgIpc) is 2.86. The van der Waals surface area contributed by atoms with Gasteiger partial charge in [0.25, 0.3) is 0 Å². The van der Waals surface area contributed by atoms with Crippen molar-refractivity contribution in [1.82, 2.24) is 15.3 Å². The SMILES string of the molecule is CCOc1ccc(CNC[C@H]2CC[C@@H](Nc3nc4c(c(N(C)C)n3)CCCC4)CC2)c(OCC)c1. The fourth-order valence-electron chi connectivity index (χ4n) is 5.34. The molecule has 192 valence electrons. The van der Waals surface area contributed by atoms with Gasteiger partial charge in [-0.15, -0.1) is 0 Å². The predicted octanol–water partition coefficient (Wildman–Crippen LogP) is 4.98. The molecule has 1 aromatic carbocycles. The third kappa shape index (κ3) is 6.78. The Labute approximate surface area is 211 Å². The summed E-state index contributed by atoms with van der Waals surface area (Å²) in [5.41, 5.74) is 3.78. The molecule has 0 unspecified atom stereocenters. The first-order valence-corrected chi connectivity index (χ1v) is 13.5. The number of ether oxygens (including phenoxy) is 2. The van der Waals surface area contributed by atoms with Crippen LogP contribution in [0.5, 0.6) is 11.5 Å². The van der Waals surface area contributed by atoms with Crippen LogP contribution in [0.25, 0.3) is 0 Å². The van der Waals surface area contributed by atoms with Crippen molar-refractivity contribution < 1.29 is 9.47 Å². The molecular formula is C28H43N5O2. The zero-order chi connectivity index (χ0) is 24.6. The number of hydrogen-bond donors (Lipinski definition) is 2. The highest BCUT2D eigenvalue weighted by molar-refractivity contribution is 5.53. The number of hydrogen-bond acceptors (Lipinski definition) is 7. The molecule has 0 saturated heterocycles. The Morgan fingerprint density at radius 1 is 0.971 bits per heavy atom. The van der Waals surface area contributed by atoms with Crippen LogP contribution >= 0.6 is 0 Å². The minimum Gasteiger partial charge on any atom is -0.494 e. The molecule has 7 heteroatoms. The van der Waals surface area contributed by atoms with Gasteiger partial charge in [-0.1, -0.05) is 6.07 Å². The van der Waals surface area contributed by atoms with Crippen molar-refractivity contribution in [2.24, 2.45) is 5.92 Å². The molecule has 0 spiro atoms. The Bertz CT molecular complexity index is 957. The maximum atomic E-state index is 5.85. The van der Waals surface area contributed by atoms with Crippen molar-refractivity contribution in [2.75, 3.05) is 44.1 Å². The monoisotopic (exact) mass is 481 g/mol. The minimum atomic E-state index is 0.457. The zero-order valence-corrected chi connectivity index (χ0v) is 22.0. The van der Waals surface area contributed by atoms with Gasteiger partial charge in [0.05, 0.1) is 18.9 Å². The lowest BCUT2D eigenvalue weighted by Gasteiger charge is -2.30. The fourth-order valence-corrected chi connectivity index (χ4v) is 5.34. The molecule has 4 rings (SSSR count). The van der Waals surface area contributed by atoms with Crippen LogP contribution in [0.1, 0.15) is 69.2 Å². The van der Waals surface area contributed by atoms with Gasteiger partial charge in [-0.3, -0.25) is 0 Å². The van der Waals surface area contributed by atoms with Gasteiger partial charge in [-0.2, -0.15) is 4.98 Å². The molecule has 2 aromatic rings. The molecule has 0 atom stereocenters. The molecular weight excluding hydrogens is 438 g/mol. The second kappa shape index (κ2) is 12.4.